The van der Waals surface area contributed by atoms with E-state index in [1.807, 2.05) is 6.92 Å². The summed E-state index contributed by atoms with van der Waals surface area (Å²) in [6, 6.07) is 3.24. The molecule has 0 saturated heterocycles. The lowest BCUT2D eigenvalue weighted by molar-refractivity contribution is -0.116. The molecule has 0 bridgehead atoms. The Kier molecular flexibility index (Phi) is 4.80. The first-order chi connectivity index (χ1) is 10.9. The van der Waals surface area contributed by atoms with Crippen LogP contribution in [0, 0.1) is 26.2 Å². The molecule has 1 amide bonds. The number of amides is 1. The number of carboxylic acids is 1. The van der Waals surface area contributed by atoms with Gasteiger partial charge in [-0.15, -0.1) is 12.3 Å². The molecule has 0 radical (unpaired) electrons. The van der Waals surface area contributed by atoms with E-state index in [1.54, 1.807) is 13.0 Å². The molecule has 0 spiro atoms. The van der Waals surface area contributed by atoms with Crippen LogP contribution in [0.25, 0.3) is 0 Å². The number of nitrogens with zero attached hydrogens (tertiary/aromatic N) is 2. The summed E-state index contributed by atoms with van der Waals surface area (Å²) in [6.45, 7) is 3.56. The molecule has 1 aromatic carbocycles. The molecule has 0 unspecified atom stereocenters. The van der Waals surface area contributed by atoms with Gasteiger partial charge in [-0.1, -0.05) is 0 Å². The molecule has 2 N–H and O–H groups in total. The largest absolute Gasteiger partial charge is 0.478 e. The Morgan fingerprint density at radius 2 is 2.00 bits per heavy atom. The molecule has 1 heterocycles. The number of aromatic carboxylic acids is 1. The second kappa shape index (κ2) is 6.61. The Labute approximate surface area is 135 Å². The first-order valence-corrected chi connectivity index (χ1v) is 7.39. The van der Waals surface area contributed by atoms with E-state index in [1.165, 1.54) is 6.07 Å². The third kappa shape index (κ3) is 4.16. The van der Waals surface area contributed by atoms with Crippen LogP contribution in [0.15, 0.2) is 22.4 Å². The standard InChI is InChI=1S/C17H19N3O3/c1-4-5-7-17(19-20-17)8-6-15(21)18-13-9-11(2)12(3)14(10-13)16(22)23/h1,9-10H,5-8H2,2-3H3,(H,18,21)(H,22,23). The van der Waals surface area contributed by atoms with Gasteiger partial charge in [-0.2, -0.15) is 10.2 Å². The summed E-state index contributed by atoms with van der Waals surface area (Å²) in [6.07, 6.45) is 7.23. The Hall–Kier alpha value is -2.68. The van der Waals surface area contributed by atoms with Gasteiger partial charge in [0.2, 0.25) is 5.91 Å². The number of carboxylic acid groups (broad SMARTS) is 1. The molecule has 0 aromatic heterocycles. The third-order valence-corrected chi connectivity index (χ3v) is 3.99. The molecule has 23 heavy (non-hydrogen) atoms. The average Bonchev–Trinajstić information content (AvgIpc) is 3.27. The number of aryl methyl sites for hydroxylation is 1. The van der Waals surface area contributed by atoms with Gasteiger partial charge in [0.25, 0.3) is 0 Å². The molecule has 6 heteroatoms. The summed E-state index contributed by atoms with van der Waals surface area (Å²) in [5.41, 5.74) is 1.70. The topological polar surface area (TPSA) is 91.1 Å². The predicted octanol–water partition coefficient (Wildman–Crippen LogP) is 3.30. The van der Waals surface area contributed by atoms with Crippen LogP contribution >= 0.6 is 0 Å². The maximum atomic E-state index is 12.1. The lowest BCUT2D eigenvalue weighted by atomic mass is 10.0. The van der Waals surface area contributed by atoms with Gasteiger partial charge < -0.3 is 10.4 Å². The van der Waals surface area contributed by atoms with Gasteiger partial charge in [0.05, 0.1) is 5.56 Å². The highest BCUT2D eigenvalue weighted by Gasteiger charge is 2.39. The minimum absolute atomic E-state index is 0.193. The van der Waals surface area contributed by atoms with Crippen molar-refractivity contribution in [2.24, 2.45) is 10.2 Å². The maximum Gasteiger partial charge on any atom is 0.336 e. The van der Waals surface area contributed by atoms with Gasteiger partial charge in [0.15, 0.2) is 5.66 Å². The zero-order valence-electron chi connectivity index (χ0n) is 13.2. The SMILES string of the molecule is C#CCCC1(CCC(=O)Nc2cc(C)c(C)c(C(=O)O)c2)N=N1. The molecule has 0 aliphatic carbocycles. The summed E-state index contributed by atoms with van der Waals surface area (Å²) < 4.78 is 0. The van der Waals surface area contributed by atoms with Crippen LogP contribution in [0.4, 0.5) is 5.69 Å². The number of terminal acetylenes is 1. The summed E-state index contributed by atoms with van der Waals surface area (Å²) in [5.74, 6) is 1.34. The summed E-state index contributed by atoms with van der Waals surface area (Å²) >= 11 is 0. The fourth-order valence-electron chi connectivity index (χ4n) is 2.36. The van der Waals surface area contributed by atoms with E-state index in [0.29, 0.717) is 30.5 Å². The molecule has 1 aliphatic rings. The minimum Gasteiger partial charge on any atom is -0.478 e. The predicted molar refractivity (Wildman–Crippen MR) is 86.4 cm³/mol. The van der Waals surface area contributed by atoms with Crippen molar-refractivity contribution in [3.05, 3.63) is 28.8 Å². The Balaban J connectivity index is 1.96. The van der Waals surface area contributed by atoms with Crippen molar-refractivity contribution in [2.75, 3.05) is 5.32 Å². The minimum atomic E-state index is -1.01. The van der Waals surface area contributed by atoms with Crippen LogP contribution < -0.4 is 5.32 Å². The molecule has 0 atom stereocenters. The summed E-state index contributed by atoms with van der Waals surface area (Å²) in [7, 11) is 0. The molecule has 1 aliphatic heterocycles. The van der Waals surface area contributed by atoms with Crippen molar-refractivity contribution in [3.63, 3.8) is 0 Å². The quantitative estimate of drug-likeness (QED) is 0.757. The number of hydrogen-bond acceptors (Lipinski definition) is 4. The fraction of sp³-hybridized carbons (Fsp3) is 0.412. The molecular formula is C17H19N3O3. The Bertz CT molecular complexity index is 711. The molecular weight excluding hydrogens is 294 g/mol. The van der Waals surface area contributed by atoms with Crippen molar-refractivity contribution < 1.29 is 14.7 Å². The number of anilines is 1. The van der Waals surface area contributed by atoms with E-state index in [0.717, 1.165) is 5.56 Å². The van der Waals surface area contributed by atoms with Crippen LogP contribution in [-0.2, 0) is 4.79 Å². The lowest BCUT2D eigenvalue weighted by Crippen LogP contribution is -2.18. The third-order valence-electron chi connectivity index (χ3n) is 3.99. The summed E-state index contributed by atoms with van der Waals surface area (Å²) in [5, 5.41) is 19.9. The van der Waals surface area contributed by atoms with Gasteiger partial charge in [0.1, 0.15) is 0 Å². The lowest BCUT2D eigenvalue weighted by Gasteiger charge is -2.12. The van der Waals surface area contributed by atoms with Gasteiger partial charge in [0, 0.05) is 31.4 Å². The fourth-order valence-corrected chi connectivity index (χ4v) is 2.36. The number of carbonyl (C=O) groups excluding carboxylic acids is 1. The van der Waals surface area contributed by atoms with E-state index in [9.17, 15) is 14.7 Å². The molecule has 0 fully saturated rings. The van der Waals surface area contributed by atoms with Gasteiger partial charge in [-0.05, 0) is 37.1 Å². The number of hydrogen-bond donors (Lipinski definition) is 2. The summed E-state index contributed by atoms with van der Waals surface area (Å²) in [4.78, 5) is 23.3. The zero-order valence-corrected chi connectivity index (χ0v) is 13.2. The number of rotatable bonds is 7. The van der Waals surface area contributed by atoms with Crippen molar-refractivity contribution >= 4 is 17.6 Å². The van der Waals surface area contributed by atoms with E-state index < -0.39 is 11.6 Å². The molecule has 6 nitrogen and oxygen atoms in total. The van der Waals surface area contributed by atoms with E-state index in [4.69, 9.17) is 6.42 Å². The molecule has 0 saturated carbocycles. The number of nitrogens with one attached hydrogen (secondary N) is 1. The monoisotopic (exact) mass is 313 g/mol. The molecule has 2 rings (SSSR count). The molecule has 1 aromatic rings. The van der Waals surface area contributed by atoms with Crippen LogP contribution in [0.1, 0.15) is 47.2 Å². The first kappa shape index (κ1) is 16.7. The zero-order chi connectivity index (χ0) is 17.0. The van der Waals surface area contributed by atoms with Crippen LogP contribution in [0.5, 0.6) is 0 Å². The highest BCUT2D eigenvalue weighted by Crippen LogP contribution is 2.37. The van der Waals surface area contributed by atoms with Gasteiger partial charge in [-0.3, -0.25) is 4.79 Å². The van der Waals surface area contributed by atoms with Crippen molar-refractivity contribution in [1.29, 1.82) is 0 Å². The van der Waals surface area contributed by atoms with Crippen LogP contribution in [0.2, 0.25) is 0 Å². The first-order valence-electron chi connectivity index (χ1n) is 7.39. The van der Waals surface area contributed by atoms with Gasteiger partial charge >= 0.3 is 5.97 Å². The second-order valence-corrected chi connectivity index (χ2v) is 5.71. The Morgan fingerprint density at radius 3 is 2.57 bits per heavy atom. The van der Waals surface area contributed by atoms with Gasteiger partial charge in [-0.25, -0.2) is 4.79 Å². The van der Waals surface area contributed by atoms with Crippen molar-refractivity contribution in [1.82, 2.24) is 0 Å². The van der Waals surface area contributed by atoms with E-state index >= 15 is 0 Å². The highest BCUT2D eigenvalue weighted by atomic mass is 16.4. The van der Waals surface area contributed by atoms with Crippen molar-refractivity contribution in [2.45, 2.75) is 45.2 Å². The van der Waals surface area contributed by atoms with Crippen LogP contribution in [-0.4, -0.2) is 22.6 Å². The van der Waals surface area contributed by atoms with Crippen LogP contribution in [0.3, 0.4) is 0 Å². The maximum absolute atomic E-state index is 12.1. The number of benzene rings is 1. The Morgan fingerprint density at radius 1 is 1.30 bits per heavy atom. The molecule has 120 valence electrons. The smallest absolute Gasteiger partial charge is 0.336 e. The second-order valence-electron chi connectivity index (χ2n) is 5.71. The van der Waals surface area contributed by atoms with E-state index in [2.05, 4.69) is 21.5 Å². The average molecular weight is 313 g/mol. The van der Waals surface area contributed by atoms with E-state index in [-0.39, 0.29) is 17.9 Å². The highest BCUT2D eigenvalue weighted by molar-refractivity contribution is 5.95. The number of carbonyl (C=O) groups is 2. The normalized spacial score (nSPS) is 14.1. The van der Waals surface area contributed by atoms with Crippen molar-refractivity contribution in [3.8, 4) is 12.3 Å².